The van der Waals surface area contributed by atoms with E-state index < -0.39 is 6.09 Å². The van der Waals surface area contributed by atoms with E-state index in [0.29, 0.717) is 5.15 Å². The van der Waals surface area contributed by atoms with E-state index in [0.717, 1.165) is 16.5 Å². The fourth-order valence-electron chi connectivity index (χ4n) is 4.09. The summed E-state index contributed by atoms with van der Waals surface area (Å²) in [7, 11) is 0. The predicted octanol–water partition coefficient (Wildman–Crippen LogP) is 5.78. The van der Waals surface area contributed by atoms with Gasteiger partial charge in [-0.1, -0.05) is 72.0 Å². The molecule has 0 spiro atoms. The maximum atomic E-state index is 12.2. The molecule has 0 atom stereocenters. The van der Waals surface area contributed by atoms with Crippen molar-refractivity contribution in [2.24, 2.45) is 0 Å². The van der Waals surface area contributed by atoms with Gasteiger partial charge in [-0.3, -0.25) is 0 Å². The summed E-state index contributed by atoms with van der Waals surface area (Å²) >= 11 is 5.92. The van der Waals surface area contributed by atoms with Crippen LogP contribution in [0.5, 0.6) is 0 Å². The Morgan fingerprint density at radius 2 is 1.69 bits per heavy atom. The molecule has 1 aromatic heterocycles. The minimum absolute atomic E-state index is 0.0407. The molecular weight excluding hydrogens is 420 g/mol. The highest BCUT2D eigenvalue weighted by Crippen LogP contribution is 2.44. The molecule has 4 nitrogen and oxygen atoms in total. The molecule has 0 radical (unpaired) electrons. The number of carbonyl (C=O) groups is 1. The molecular formula is C27H19ClN2O2. The lowest BCUT2D eigenvalue weighted by atomic mass is 9.98. The molecule has 0 unspecified atom stereocenters. The molecule has 1 amide bonds. The van der Waals surface area contributed by atoms with Crippen LogP contribution < -0.4 is 5.32 Å². The summed E-state index contributed by atoms with van der Waals surface area (Å²) in [5.74, 6) is 6.05. The van der Waals surface area contributed by atoms with Crippen LogP contribution >= 0.6 is 11.6 Å². The van der Waals surface area contributed by atoms with Gasteiger partial charge in [-0.25, -0.2) is 9.78 Å². The standard InChI is InChI=1S/C27H19ClN2O2/c28-26-14-12-19-16-18(11-13-25(19)30-26)6-5-15-29-27(31)32-17-24-22-9-3-1-7-20(22)21-8-2-4-10-23(21)24/h1-4,7-14,16,24H,15,17H2,(H,29,31). The number of benzene rings is 3. The van der Waals surface area contributed by atoms with Crippen molar-refractivity contribution in [2.75, 3.05) is 13.2 Å². The monoisotopic (exact) mass is 438 g/mol. The van der Waals surface area contributed by atoms with Crippen molar-refractivity contribution in [2.45, 2.75) is 5.92 Å². The van der Waals surface area contributed by atoms with E-state index in [-0.39, 0.29) is 19.1 Å². The van der Waals surface area contributed by atoms with Gasteiger partial charge in [0.1, 0.15) is 11.8 Å². The Kier molecular flexibility index (Phi) is 5.49. The van der Waals surface area contributed by atoms with Crippen molar-refractivity contribution in [1.82, 2.24) is 10.3 Å². The summed E-state index contributed by atoms with van der Waals surface area (Å²) in [6, 6.07) is 25.9. The Hall–Kier alpha value is -3.81. The smallest absolute Gasteiger partial charge is 0.407 e. The van der Waals surface area contributed by atoms with Gasteiger partial charge in [0, 0.05) is 16.9 Å². The Bertz CT molecular complexity index is 1340. The summed E-state index contributed by atoms with van der Waals surface area (Å²) < 4.78 is 5.52. The first-order chi connectivity index (χ1) is 15.7. The third kappa shape index (κ3) is 4.03. The molecule has 1 heterocycles. The van der Waals surface area contributed by atoms with Crippen molar-refractivity contribution < 1.29 is 9.53 Å². The number of aromatic nitrogens is 1. The average molecular weight is 439 g/mol. The van der Waals surface area contributed by atoms with Gasteiger partial charge in [0.15, 0.2) is 0 Å². The quantitative estimate of drug-likeness (QED) is 0.326. The maximum absolute atomic E-state index is 12.2. The van der Waals surface area contributed by atoms with E-state index in [1.54, 1.807) is 6.07 Å². The van der Waals surface area contributed by atoms with E-state index in [1.165, 1.54) is 22.3 Å². The third-order valence-electron chi connectivity index (χ3n) is 5.55. The number of nitrogens with zero attached hydrogens (tertiary/aromatic N) is 1. The van der Waals surface area contributed by atoms with Crippen LogP contribution in [0.4, 0.5) is 4.79 Å². The van der Waals surface area contributed by atoms with E-state index in [4.69, 9.17) is 16.3 Å². The molecule has 1 aliphatic carbocycles. The number of ether oxygens (including phenoxy) is 1. The van der Waals surface area contributed by atoms with E-state index >= 15 is 0 Å². The highest BCUT2D eigenvalue weighted by Gasteiger charge is 2.28. The molecule has 5 rings (SSSR count). The number of carbonyl (C=O) groups excluding carboxylic acids is 1. The zero-order valence-electron chi connectivity index (χ0n) is 17.1. The van der Waals surface area contributed by atoms with E-state index in [9.17, 15) is 4.79 Å². The first kappa shape index (κ1) is 20.1. The van der Waals surface area contributed by atoms with Crippen molar-refractivity contribution in [1.29, 1.82) is 0 Å². The SMILES string of the molecule is O=C(NCC#Cc1ccc2nc(Cl)ccc2c1)OCC1c2ccccc2-c2ccccc21. The molecule has 1 N–H and O–H groups in total. The van der Waals surface area contributed by atoms with Gasteiger partial charge in [0.2, 0.25) is 0 Å². The number of nitrogens with one attached hydrogen (secondary N) is 1. The number of hydrogen-bond donors (Lipinski definition) is 1. The van der Waals surface area contributed by atoms with Gasteiger partial charge in [0.05, 0.1) is 12.1 Å². The molecule has 0 saturated heterocycles. The van der Waals surface area contributed by atoms with Crippen LogP contribution in [0.25, 0.3) is 22.0 Å². The lowest BCUT2D eigenvalue weighted by molar-refractivity contribution is 0.144. The highest BCUT2D eigenvalue weighted by molar-refractivity contribution is 6.29. The Balaban J connectivity index is 1.19. The molecule has 5 heteroatoms. The van der Waals surface area contributed by atoms with Gasteiger partial charge in [-0.2, -0.15) is 0 Å². The van der Waals surface area contributed by atoms with Crippen molar-refractivity contribution >= 4 is 28.6 Å². The zero-order valence-corrected chi connectivity index (χ0v) is 17.9. The Labute approximate surface area is 191 Å². The lowest BCUT2D eigenvalue weighted by Gasteiger charge is -2.14. The first-order valence-corrected chi connectivity index (χ1v) is 10.7. The number of halogens is 1. The maximum Gasteiger partial charge on any atom is 0.407 e. The van der Waals surface area contributed by atoms with E-state index in [2.05, 4.69) is 46.4 Å². The fourth-order valence-corrected chi connectivity index (χ4v) is 4.24. The molecule has 0 fully saturated rings. The molecule has 156 valence electrons. The molecule has 0 saturated carbocycles. The van der Waals surface area contributed by atoms with Gasteiger partial charge < -0.3 is 10.1 Å². The summed E-state index contributed by atoms with van der Waals surface area (Å²) in [5.41, 5.74) is 6.45. The van der Waals surface area contributed by atoms with Gasteiger partial charge >= 0.3 is 6.09 Å². The summed E-state index contributed by atoms with van der Waals surface area (Å²) in [4.78, 5) is 16.5. The van der Waals surface area contributed by atoms with Gasteiger partial charge in [-0.05, 0) is 52.6 Å². The summed E-state index contributed by atoms with van der Waals surface area (Å²) in [6.45, 7) is 0.487. The predicted molar refractivity (Wildman–Crippen MR) is 127 cm³/mol. The molecule has 3 aromatic carbocycles. The van der Waals surface area contributed by atoms with Crippen molar-refractivity contribution in [3.05, 3.63) is 101 Å². The van der Waals surface area contributed by atoms with Gasteiger partial charge in [0.25, 0.3) is 0 Å². The third-order valence-corrected chi connectivity index (χ3v) is 5.76. The second kappa shape index (κ2) is 8.74. The van der Waals surface area contributed by atoms with Gasteiger partial charge in [-0.15, -0.1) is 0 Å². The van der Waals surface area contributed by atoms with Crippen LogP contribution in [0.3, 0.4) is 0 Å². The van der Waals surface area contributed by atoms with Crippen molar-refractivity contribution in [3.8, 4) is 23.0 Å². The minimum atomic E-state index is -0.474. The molecule has 4 aromatic rings. The molecule has 1 aliphatic rings. The number of pyridine rings is 1. The van der Waals surface area contributed by atoms with Crippen LogP contribution in [0.15, 0.2) is 78.9 Å². The van der Waals surface area contributed by atoms with Crippen LogP contribution in [0.1, 0.15) is 22.6 Å². The zero-order chi connectivity index (χ0) is 21.9. The number of fused-ring (bicyclic) bond motifs is 4. The minimum Gasteiger partial charge on any atom is -0.449 e. The number of rotatable bonds is 3. The van der Waals surface area contributed by atoms with E-state index in [1.807, 2.05) is 48.5 Å². The molecule has 0 bridgehead atoms. The normalized spacial score (nSPS) is 11.9. The Morgan fingerprint density at radius 3 is 2.44 bits per heavy atom. The number of amides is 1. The second-order valence-electron chi connectivity index (χ2n) is 7.52. The number of hydrogen-bond acceptors (Lipinski definition) is 3. The number of alkyl carbamates (subject to hydrolysis) is 1. The first-order valence-electron chi connectivity index (χ1n) is 10.3. The largest absolute Gasteiger partial charge is 0.449 e. The van der Waals surface area contributed by atoms with Crippen LogP contribution in [-0.4, -0.2) is 24.2 Å². The fraction of sp³-hybridized carbons (Fsp3) is 0.111. The van der Waals surface area contributed by atoms with Crippen LogP contribution in [0.2, 0.25) is 5.15 Å². The lowest BCUT2D eigenvalue weighted by Crippen LogP contribution is -2.26. The average Bonchev–Trinajstić information content (AvgIpc) is 3.14. The van der Waals surface area contributed by atoms with Crippen LogP contribution in [0, 0.1) is 11.8 Å². The topological polar surface area (TPSA) is 51.2 Å². The van der Waals surface area contributed by atoms with Crippen molar-refractivity contribution in [3.63, 3.8) is 0 Å². The molecule has 32 heavy (non-hydrogen) atoms. The summed E-state index contributed by atoms with van der Waals surface area (Å²) in [5, 5.41) is 4.13. The Morgan fingerprint density at radius 1 is 0.969 bits per heavy atom. The second-order valence-corrected chi connectivity index (χ2v) is 7.91. The molecule has 0 aliphatic heterocycles. The highest BCUT2D eigenvalue weighted by atomic mass is 35.5. The summed E-state index contributed by atoms with van der Waals surface area (Å²) in [6.07, 6.45) is -0.474. The van der Waals surface area contributed by atoms with Crippen LogP contribution in [-0.2, 0) is 4.74 Å².